The number of aryl methyl sites for hydroxylation is 1. The van der Waals surface area contributed by atoms with Gasteiger partial charge in [-0.15, -0.1) is 0 Å². The van der Waals surface area contributed by atoms with Gasteiger partial charge in [0.25, 0.3) is 0 Å². The summed E-state index contributed by atoms with van der Waals surface area (Å²) in [6, 6.07) is 11.3. The minimum absolute atomic E-state index is 0.0510. The Balaban J connectivity index is 1.35. The molecule has 0 radical (unpaired) electrons. The molecule has 2 saturated carbocycles. The van der Waals surface area contributed by atoms with Crippen molar-refractivity contribution in [1.29, 1.82) is 5.26 Å². The lowest BCUT2D eigenvalue weighted by molar-refractivity contribution is -0.157. The molecule has 2 aliphatic rings. The maximum absolute atomic E-state index is 12.7. The van der Waals surface area contributed by atoms with Crippen molar-refractivity contribution in [3.8, 4) is 6.07 Å². The molecule has 2 aliphatic carbocycles. The Hall–Kier alpha value is -2.08. The Morgan fingerprint density at radius 3 is 2.41 bits per heavy atom. The van der Waals surface area contributed by atoms with Crippen LogP contribution < -0.4 is 0 Å². The fraction of sp³-hybridized carbons (Fsp3) is 0.655. The number of carbonyl (C=O) groups is 1. The molecular formula is C29H41NO2. The summed E-state index contributed by atoms with van der Waals surface area (Å²) in [7, 11) is 0. The molecule has 0 bridgehead atoms. The summed E-state index contributed by atoms with van der Waals surface area (Å²) in [6.07, 6.45) is 19.2. The van der Waals surface area contributed by atoms with Crippen LogP contribution in [0.3, 0.4) is 0 Å². The first kappa shape index (κ1) is 24.6. The summed E-state index contributed by atoms with van der Waals surface area (Å²) in [6.45, 7) is 2.25. The van der Waals surface area contributed by atoms with Gasteiger partial charge in [-0.2, -0.15) is 5.26 Å². The van der Waals surface area contributed by atoms with Gasteiger partial charge in [0.1, 0.15) is 6.10 Å². The fourth-order valence-electron chi connectivity index (χ4n) is 5.46. The molecular weight excluding hydrogens is 394 g/mol. The lowest BCUT2D eigenvalue weighted by Crippen LogP contribution is -2.29. The van der Waals surface area contributed by atoms with Crippen molar-refractivity contribution < 1.29 is 9.53 Å². The minimum atomic E-state index is 0.0510. The highest BCUT2D eigenvalue weighted by Gasteiger charge is 2.31. The van der Waals surface area contributed by atoms with E-state index in [9.17, 15) is 4.79 Å². The van der Waals surface area contributed by atoms with E-state index in [1.165, 1.54) is 36.8 Å². The van der Waals surface area contributed by atoms with Crippen LogP contribution in [-0.4, -0.2) is 12.1 Å². The second-order valence-corrected chi connectivity index (χ2v) is 9.94. The normalized spacial score (nSPS) is 26.0. The number of unbranched alkanes of at least 4 members (excludes halogenated alkanes) is 2. The maximum atomic E-state index is 12.7. The molecule has 0 spiro atoms. The van der Waals surface area contributed by atoms with Crippen molar-refractivity contribution in [1.82, 2.24) is 0 Å². The van der Waals surface area contributed by atoms with Gasteiger partial charge in [0.2, 0.25) is 0 Å². The van der Waals surface area contributed by atoms with Crippen LogP contribution >= 0.6 is 0 Å². The summed E-state index contributed by atoms with van der Waals surface area (Å²) in [5.74, 6) is 1.44. The van der Waals surface area contributed by atoms with E-state index in [2.05, 4.69) is 31.2 Å². The van der Waals surface area contributed by atoms with Gasteiger partial charge in [-0.25, -0.2) is 0 Å². The molecule has 0 N–H and O–H groups in total. The average molecular weight is 436 g/mol. The van der Waals surface area contributed by atoms with Crippen LogP contribution in [0.1, 0.15) is 107 Å². The first-order valence-electron chi connectivity index (χ1n) is 13.0. The number of rotatable bonds is 10. The van der Waals surface area contributed by atoms with Crippen LogP contribution in [0.15, 0.2) is 36.4 Å². The number of esters is 1. The monoisotopic (exact) mass is 435 g/mol. The van der Waals surface area contributed by atoms with Crippen molar-refractivity contribution in [3.63, 3.8) is 0 Å². The second-order valence-electron chi connectivity index (χ2n) is 9.94. The van der Waals surface area contributed by atoms with Crippen LogP contribution in [0.25, 0.3) is 0 Å². The van der Waals surface area contributed by atoms with E-state index in [1.54, 1.807) is 6.08 Å². The molecule has 0 unspecified atom stereocenters. The molecule has 32 heavy (non-hydrogen) atoms. The third-order valence-corrected chi connectivity index (χ3v) is 7.59. The highest BCUT2D eigenvalue weighted by atomic mass is 16.5. The number of nitrogens with zero attached hydrogens (tertiary/aromatic N) is 1. The van der Waals surface area contributed by atoms with Crippen LogP contribution in [0.5, 0.6) is 0 Å². The van der Waals surface area contributed by atoms with Gasteiger partial charge in [0.15, 0.2) is 0 Å². The van der Waals surface area contributed by atoms with Crippen molar-refractivity contribution in [2.75, 3.05) is 0 Å². The van der Waals surface area contributed by atoms with Crippen LogP contribution in [-0.2, 0) is 16.0 Å². The predicted molar refractivity (Wildman–Crippen MR) is 130 cm³/mol. The summed E-state index contributed by atoms with van der Waals surface area (Å²) < 4.78 is 5.93. The molecule has 0 heterocycles. The first-order valence-corrected chi connectivity index (χ1v) is 13.0. The maximum Gasteiger partial charge on any atom is 0.309 e. The average Bonchev–Trinajstić information content (AvgIpc) is 2.83. The number of hydrogen-bond donors (Lipinski definition) is 0. The Labute approximate surface area is 195 Å². The lowest BCUT2D eigenvalue weighted by Gasteiger charge is -2.31. The molecule has 3 nitrogen and oxygen atoms in total. The highest BCUT2D eigenvalue weighted by molar-refractivity contribution is 5.72. The SMILES string of the molecule is CCCCCc1ccc(C2CCC(C(=O)OC3CCC(CC/C=C/C#N)CC3)CC2)cc1. The van der Waals surface area contributed by atoms with Gasteiger partial charge in [0.05, 0.1) is 12.0 Å². The number of nitriles is 1. The molecule has 3 rings (SSSR count). The predicted octanol–water partition coefficient (Wildman–Crippen LogP) is 7.66. The topological polar surface area (TPSA) is 50.1 Å². The van der Waals surface area contributed by atoms with Gasteiger partial charge in [-0.1, -0.05) is 50.1 Å². The zero-order valence-electron chi connectivity index (χ0n) is 19.9. The van der Waals surface area contributed by atoms with Gasteiger partial charge in [0, 0.05) is 6.08 Å². The number of carbonyl (C=O) groups excluding carboxylic acids is 1. The number of allylic oxidation sites excluding steroid dienone is 2. The van der Waals surface area contributed by atoms with E-state index < -0.39 is 0 Å². The quantitative estimate of drug-likeness (QED) is 0.215. The Bertz CT molecular complexity index is 744. The molecule has 0 saturated heterocycles. The zero-order valence-corrected chi connectivity index (χ0v) is 19.9. The third kappa shape index (κ3) is 7.80. The summed E-state index contributed by atoms with van der Waals surface area (Å²) in [5.41, 5.74) is 2.90. The third-order valence-electron chi connectivity index (χ3n) is 7.59. The number of benzene rings is 1. The van der Waals surface area contributed by atoms with Crippen molar-refractivity contribution in [2.24, 2.45) is 11.8 Å². The van der Waals surface area contributed by atoms with Crippen molar-refractivity contribution in [2.45, 2.75) is 109 Å². The van der Waals surface area contributed by atoms with E-state index in [-0.39, 0.29) is 18.0 Å². The number of hydrogen-bond acceptors (Lipinski definition) is 3. The first-order chi connectivity index (χ1) is 15.7. The van der Waals surface area contributed by atoms with E-state index in [0.717, 1.165) is 64.2 Å². The summed E-state index contributed by atoms with van der Waals surface area (Å²) in [4.78, 5) is 12.7. The molecule has 3 heteroatoms. The second kappa shape index (κ2) is 13.5. The molecule has 1 aromatic rings. The summed E-state index contributed by atoms with van der Waals surface area (Å²) in [5, 5.41) is 8.56. The Kier molecular flexibility index (Phi) is 10.3. The smallest absolute Gasteiger partial charge is 0.309 e. The van der Waals surface area contributed by atoms with E-state index in [0.29, 0.717) is 11.8 Å². The lowest BCUT2D eigenvalue weighted by atomic mass is 9.78. The Morgan fingerprint density at radius 2 is 1.75 bits per heavy atom. The van der Waals surface area contributed by atoms with E-state index >= 15 is 0 Å². The minimum Gasteiger partial charge on any atom is -0.462 e. The van der Waals surface area contributed by atoms with Crippen molar-refractivity contribution in [3.05, 3.63) is 47.5 Å². The molecule has 0 amide bonds. The largest absolute Gasteiger partial charge is 0.462 e. The van der Waals surface area contributed by atoms with Crippen molar-refractivity contribution >= 4 is 5.97 Å². The fourth-order valence-corrected chi connectivity index (χ4v) is 5.46. The standard InChI is InChI=1S/C29H41NO2/c1-2-3-5-8-23-10-14-25(15-11-23)26-16-18-27(19-17-26)29(31)32-28-20-12-24(13-21-28)9-6-4-7-22-30/h4,7,10-11,14-15,24,26-28H,2-3,5-6,8-9,12-13,16-21H2,1H3/b7-4+. The molecule has 0 aliphatic heterocycles. The van der Waals surface area contributed by atoms with Gasteiger partial charge < -0.3 is 4.74 Å². The highest BCUT2D eigenvalue weighted by Crippen LogP contribution is 2.37. The molecule has 0 atom stereocenters. The van der Waals surface area contributed by atoms with Gasteiger partial charge in [-0.05, 0) is 100 Å². The van der Waals surface area contributed by atoms with Crippen LogP contribution in [0, 0.1) is 23.2 Å². The van der Waals surface area contributed by atoms with E-state index in [4.69, 9.17) is 10.00 Å². The molecule has 2 fully saturated rings. The molecule has 174 valence electrons. The summed E-state index contributed by atoms with van der Waals surface area (Å²) >= 11 is 0. The van der Waals surface area contributed by atoms with Gasteiger partial charge >= 0.3 is 5.97 Å². The van der Waals surface area contributed by atoms with Crippen LogP contribution in [0.4, 0.5) is 0 Å². The van der Waals surface area contributed by atoms with E-state index in [1.807, 2.05) is 12.1 Å². The van der Waals surface area contributed by atoms with Gasteiger partial charge in [-0.3, -0.25) is 4.79 Å². The molecule has 1 aromatic carbocycles. The van der Waals surface area contributed by atoms with Crippen LogP contribution in [0.2, 0.25) is 0 Å². The Morgan fingerprint density at radius 1 is 1.03 bits per heavy atom. The molecule has 0 aromatic heterocycles. The zero-order chi connectivity index (χ0) is 22.6. The number of ether oxygens (including phenoxy) is 1.